The highest BCUT2D eigenvalue weighted by Crippen LogP contribution is 2.43. The average molecular weight is 527 g/mol. The normalized spacial score (nSPS) is 16.7. The Morgan fingerprint density at radius 1 is 0.923 bits per heavy atom. The van der Waals surface area contributed by atoms with Crippen molar-refractivity contribution >= 4 is 28.8 Å². The van der Waals surface area contributed by atoms with Gasteiger partial charge in [0.1, 0.15) is 11.5 Å². The number of ketones is 1. The molecule has 4 rings (SSSR count). The van der Waals surface area contributed by atoms with Crippen molar-refractivity contribution in [2.24, 2.45) is 0 Å². The highest BCUT2D eigenvalue weighted by molar-refractivity contribution is 6.51. The number of ether oxygens (including phenoxy) is 1. The number of aryl methyl sites for hydroxylation is 3. The van der Waals surface area contributed by atoms with Gasteiger partial charge in [0.15, 0.2) is 0 Å². The molecule has 3 aromatic rings. The fourth-order valence-corrected chi connectivity index (χ4v) is 5.27. The first-order chi connectivity index (χ1) is 18.6. The van der Waals surface area contributed by atoms with E-state index in [0.29, 0.717) is 17.0 Å². The van der Waals surface area contributed by atoms with Crippen LogP contribution in [0.15, 0.2) is 66.2 Å². The minimum atomic E-state index is -0.774. The van der Waals surface area contributed by atoms with Gasteiger partial charge in [-0.25, -0.2) is 0 Å². The van der Waals surface area contributed by atoms with Crippen LogP contribution in [0.25, 0.3) is 5.76 Å². The van der Waals surface area contributed by atoms with Crippen molar-refractivity contribution in [2.45, 2.75) is 60.6 Å². The van der Waals surface area contributed by atoms with Gasteiger partial charge in [0.25, 0.3) is 11.7 Å². The summed E-state index contributed by atoms with van der Waals surface area (Å²) in [6.45, 7) is 15.7. The van der Waals surface area contributed by atoms with E-state index >= 15 is 0 Å². The minimum absolute atomic E-state index is 0.00512. The predicted molar refractivity (Wildman–Crippen MR) is 158 cm³/mol. The summed E-state index contributed by atoms with van der Waals surface area (Å²) in [5.74, 6) is -0.846. The third-order valence-electron chi connectivity index (χ3n) is 7.20. The van der Waals surface area contributed by atoms with Gasteiger partial charge in [-0.15, -0.1) is 0 Å². The number of amides is 1. The number of anilines is 2. The molecule has 6 heteroatoms. The highest BCUT2D eigenvalue weighted by atomic mass is 16.5. The molecule has 0 saturated carbocycles. The number of carbonyl (C=O) groups is 2. The molecule has 1 unspecified atom stereocenters. The van der Waals surface area contributed by atoms with Gasteiger partial charge in [-0.3, -0.25) is 14.5 Å². The Morgan fingerprint density at radius 3 is 2.15 bits per heavy atom. The van der Waals surface area contributed by atoms with Crippen molar-refractivity contribution in [3.05, 3.63) is 94.1 Å². The van der Waals surface area contributed by atoms with E-state index < -0.39 is 17.7 Å². The summed E-state index contributed by atoms with van der Waals surface area (Å²) >= 11 is 0. The molecule has 1 heterocycles. The lowest BCUT2D eigenvalue weighted by Gasteiger charge is -2.28. The van der Waals surface area contributed by atoms with Crippen molar-refractivity contribution in [1.82, 2.24) is 0 Å². The minimum Gasteiger partial charge on any atom is -0.507 e. The quantitative estimate of drug-likeness (QED) is 0.197. The van der Waals surface area contributed by atoms with Crippen LogP contribution in [0.1, 0.15) is 61.6 Å². The number of nitrogens with zero attached hydrogens (tertiary/aromatic N) is 2. The van der Waals surface area contributed by atoms with Crippen LogP contribution in [0.4, 0.5) is 11.4 Å². The van der Waals surface area contributed by atoms with E-state index in [1.54, 1.807) is 18.2 Å². The van der Waals surface area contributed by atoms with E-state index in [9.17, 15) is 14.7 Å². The zero-order chi connectivity index (χ0) is 28.4. The Hall–Kier alpha value is -4.06. The van der Waals surface area contributed by atoms with Gasteiger partial charge < -0.3 is 14.7 Å². The maximum atomic E-state index is 13.6. The summed E-state index contributed by atoms with van der Waals surface area (Å²) in [6.07, 6.45) is 0.00512. The number of aliphatic hydroxyl groups excluding tert-OH is 1. The summed E-state index contributed by atoms with van der Waals surface area (Å²) in [4.78, 5) is 30.9. The van der Waals surface area contributed by atoms with Crippen LogP contribution >= 0.6 is 0 Å². The number of hydrogen-bond acceptors (Lipinski definition) is 5. The van der Waals surface area contributed by atoms with Crippen LogP contribution in [-0.2, 0) is 9.59 Å². The third-order valence-corrected chi connectivity index (χ3v) is 7.20. The van der Waals surface area contributed by atoms with E-state index in [4.69, 9.17) is 4.74 Å². The van der Waals surface area contributed by atoms with Crippen LogP contribution in [0.3, 0.4) is 0 Å². The summed E-state index contributed by atoms with van der Waals surface area (Å²) in [5, 5.41) is 11.6. The first-order valence-corrected chi connectivity index (χ1v) is 13.6. The molecule has 1 aliphatic rings. The van der Waals surface area contributed by atoms with Gasteiger partial charge in [0.05, 0.1) is 17.7 Å². The van der Waals surface area contributed by atoms with Crippen LogP contribution in [0.2, 0.25) is 0 Å². The number of carbonyl (C=O) groups excluding carboxylic acids is 2. The molecule has 0 spiro atoms. The Balaban J connectivity index is 1.90. The number of hydrogen-bond donors (Lipinski definition) is 1. The molecule has 3 aromatic carbocycles. The number of benzene rings is 3. The van der Waals surface area contributed by atoms with Crippen LogP contribution < -0.4 is 14.5 Å². The zero-order valence-electron chi connectivity index (χ0n) is 23.9. The summed E-state index contributed by atoms with van der Waals surface area (Å²) in [6, 6.07) is 18.2. The predicted octanol–water partition coefficient (Wildman–Crippen LogP) is 6.87. The van der Waals surface area contributed by atoms with Gasteiger partial charge in [0.2, 0.25) is 0 Å². The molecule has 1 saturated heterocycles. The maximum Gasteiger partial charge on any atom is 0.300 e. The van der Waals surface area contributed by atoms with Gasteiger partial charge in [0, 0.05) is 30.0 Å². The lowest BCUT2D eigenvalue weighted by atomic mass is 9.94. The van der Waals surface area contributed by atoms with E-state index in [0.717, 1.165) is 41.0 Å². The fourth-order valence-electron chi connectivity index (χ4n) is 5.27. The smallest absolute Gasteiger partial charge is 0.300 e. The molecule has 1 fully saturated rings. The second-order valence-electron chi connectivity index (χ2n) is 10.4. The summed E-state index contributed by atoms with van der Waals surface area (Å²) in [5.41, 5.74) is 5.78. The molecular formula is C33H38N2O4. The maximum absolute atomic E-state index is 13.6. The van der Waals surface area contributed by atoms with Crippen LogP contribution in [0.5, 0.6) is 5.75 Å². The molecule has 1 amide bonds. The molecule has 0 aromatic heterocycles. The number of Topliss-reactive ketones (excluding diaryl/α,β-unsaturated/α-hetero) is 1. The van der Waals surface area contributed by atoms with Crippen molar-refractivity contribution in [1.29, 1.82) is 0 Å². The summed E-state index contributed by atoms with van der Waals surface area (Å²) in [7, 11) is 0. The van der Waals surface area contributed by atoms with E-state index in [-0.39, 0.29) is 17.4 Å². The van der Waals surface area contributed by atoms with E-state index in [1.807, 2.05) is 77.1 Å². The Labute approximate surface area is 231 Å². The highest BCUT2D eigenvalue weighted by Gasteiger charge is 2.47. The lowest BCUT2D eigenvalue weighted by Crippen LogP contribution is -2.30. The van der Waals surface area contributed by atoms with Gasteiger partial charge in [-0.2, -0.15) is 0 Å². The van der Waals surface area contributed by atoms with E-state index in [1.165, 1.54) is 4.90 Å². The molecule has 6 nitrogen and oxygen atoms in total. The molecule has 0 radical (unpaired) electrons. The Kier molecular flexibility index (Phi) is 8.14. The Morgan fingerprint density at radius 2 is 1.59 bits per heavy atom. The zero-order valence-corrected chi connectivity index (χ0v) is 23.9. The average Bonchev–Trinajstić information content (AvgIpc) is 3.16. The first kappa shape index (κ1) is 28.0. The first-order valence-electron chi connectivity index (χ1n) is 13.6. The second-order valence-corrected chi connectivity index (χ2v) is 10.4. The molecule has 1 aliphatic heterocycles. The standard InChI is InChI=1S/C33H38N2O4/c1-8-34(9-2)26-14-11-24(12-15-26)30-29(31(36)25-13-17-28(23(7)19-25)39-20(3)4)32(37)33(38)35(30)27-16-10-21(5)18-22(27)6/h10-20,30,36H,8-9H2,1-7H3/b31-29+. The van der Waals surface area contributed by atoms with Crippen LogP contribution in [-0.4, -0.2) is 36.0 Å². The third kappa shape index (κ3) is 5.42. The second kappa shape index (κ2) is 11.4. The van der Waals surface area contributed by atoms with Gasteiger partial charge in [-0.05, 0) is 102 Å². The molecule has 1 N–H and O–H groups in total. The van der Waals surface area contributed by atoms with Crippen molar-refractivity contribution < 1.29 is 19.4 Å². The van der Waals surface area contributed by atoms with Crippen molar-refractivity contribution in [3.8, 4) is 5.75 Å². The van der Waals surface area contributed by atoms with Crippen molar-refractivity contribution in [2.75, 3.05) is 22.9 Å². The van der Waals surface area contributed by atoms with Gasteiger partial charge >= 0.3 is 0 Å². The topological polar surface area (TPSA) is 70.1 Å². The molecule has 0 aliphatic carbocycles. The largest absolute Gasteiger partial charge is 0.507 e. The monoisotopic (exact) mass is 526 g/mol. The lowest BCUT2D eigenvalue weighted by molar-refractivity contribution is -0.132. The molecule has 204 valence electrons. The molecule has 0 bridgehead atoms. The van der Waals surface area contributed by atoms with Crippen molar-refractivity contribution in [3.63, 3.8) is 0 Å². The van der Waals surface area contributed by atoms with Gasteiger partial charge in [-0.1, -0.05) is 29.8 Å². The number of rotatable bonds is 8. The van der Waals surface area contributed by atoms with E-state index in [2.05, 4.69) is 18.7 Å². The number of aliphatic hydroxyl groups is 1. The fraction of sp³-hybridized carbons (Fsp3) is 0.333. The van der Waals surface area contributed by atoms with Crippen LogP contribution in [0, 0.1) is 20.8 Å². The summed E-state index contributed by atoms with van der Waals surface area (Å²) < 4.78 is 5.85. The molecular weight excluding hydrogens is 488 g/mol. The SMILES string of the molecule is CCN(CC)c1ccc(C2/C(=C(\O)c3ccc(OC(C)C)c(C)c3)C(=O)C(=O)N2c2ccc(C)cc2C)cc1. The molecule has 1 atom stereocenters. The molecule has 39 heavy (non-hydrogen) atoms. The Bertz CT molecular complexity index is 1420.